The quantitative estimate of drug-likeness (QED) is 0.556. The fourth-order valence-corrected chi connectivity index (χ4v) is 3.17. The van der Waals surface area contributed by atoms with Gasteiger partial charge in [0.1, 0.15) is 17.5 Å². The number of hydrogen-bond acceptors (Lipinski definition) is 3. The molecule has 1 N–H and O–H groups in total. The Kier molecular flexibility index (Phi) is 6.64. The van der Waals surface area contributed by atoms with E-state index in [1.807, 2.05) is 0 Å². The summed E-state index contributed by atoms with van der Waals surface area (Å²) in [6, 6.07) is 10.7. The summed E-state index contributed by atoms with van der Waals surface area (Å²) in [4.78, 5) is 30.0. The van der Waals surface area contributed by atoms with Crippen molar-refractivity contribution < 1.29 is 18.4 Å². The summed E-state index contributed by atoms with van der Waals surface area (Å²) in [6.07, 6.45) is 1.34. The van der Waals surface area contributed by atoms with Gasteiger partial charge in [-0.15, -0.1) is 0 Å². The highest BCUT2D eigenvalue weighted by Gasteiger charge is 2.18. The van der Waals surface area contributed by atoms with Gasteiger partial charge in [0.2, 0.25) is 11.8 Å². The van der Waals surface area contributed by atoms with E-state index < -0.39 is 11.6 Å². The third-order valence-electron chi connectivity index (χ3n) is 4.10. The molecule has 2 amide bonds. The summed E-state index contributed by atoms with van der Waals surface area (Å²) in [7, 11) is 0. The van der Waals surface area contributed by atoms with Crippen LogP contribution in [0.3, 0.4) is 0 Å². The van der Waals surface area contributed by atoms with E-state index >= 15 is 0 Å². The molecule has 0 saturated carbocycles. The molecule has 1 heterocycles. The normalized spacial score (nSPS) is 10.6. The number of amides is 2. The van der Waals surface area contributed by atoms with Crippen LogP contribution in [0.1, 0.15) is 12.5 Å². The molecule has 3 aromatic rings. The molecule has 0 saturated heterocycles. The molecular weight excluding hydrogens is 435 g/mol. The SMILES string of the molecule is CC(=O)N(c1ccc(F)c(Cl)c1)c1cc(NC(=O)Cc2ccc(F)cc2Cl)ccn1. The second kappa shape index (κ2) is 9.19. The first kappa shape index (κ1) is 21.7. The minimum atomic E-state index is -0.614. The Morgan fingerprint density at radius 1 is 1.03 bits per heavy atom. The van der Waals surface area contributed by atoms with Crippen LogP contribution in [0.4, 0.5) is 26.0 Å². The van der Waals surface area contributed by atoms with Gasteiger partial charge in [-0.25, -0.2) is 13.8 Å². The third kappa shape index (κ3) is 5.11. The molecule has 0 unspecified atom stereocenters. The summed E-state index contributed by atoms with van der Waals surface area (Å²) in [5.74, 6) is -1.67. The van der Waals surface area contributed by atoms with Gasteiger partial charge < -0.3 is 5.32 Å². The molecule has 3 rings (SSSR count). The van der Waals surface area contributed by atoms with Gasteiger partial charge in [0.25, 0.3) is 0 Å². The molecule has 0 aliphatic rings. The zero-order valence-corrected chi connectivity index (χ0v) is 17.1. The van der Waals surface area contributed by atoms with E-state index in [4.69, 9.17) is 23.2 Å². The van der Waals surface area contributed by atoms with Gasteiger partial charge in [-0.1, -0.05) is 29.3 Å². The van der Waals surface area contributed by atoms with Crippen LogP contribution in [0.2, 0.25) is 10.0 Å². The van der Waals surface area contributed by atoms with E-state index in [9.17, 15) is 18.4 Å². The highest BCUT2D eigenvalue weighted by Crippen LogP contribution is 2.29. The van der Waals surface area contributed by atoms with Gasteiger partial charge in [-0.05, 0) is 42.0 Å². The van der Waals surface area contributed by atoms with Crippen molar-refractivity contribution in [1.29, 1.82) is 0 Å². The number of carbonyl (C=O) groups is 2. The van der Waals surface area contributed by atoms with Crippen LogP contribution in [-0.4, -0.2) is 16.8 Å². The molecule has 0 radical (unpaired) electrons. The van der Waals surface area contributed by atoms with Crippen LogP contribution in [0, 0.1) is 11.6 Å². The minimum absolute atomic E-state index is 0.0687. The highest BCUT2D eigenvalue weighted by molar-refractivity contribution is 6.31. The fourth-order valence-electron chi connectivity index (χ4n) is 2.76. The average Bonchev–Trinajstić information content (AvgIpc) is 2.67. The van der Waals surface area contributed by atoms with Crippen LogP contribution in [-0.2, 0) is 16.0 Å². The van der Waals surface area contributed by atoms with E-state index in [1.165, 1.54) is 48.4 Å². The van der Waals surface area contributed by atoms with Crippen LogP contribution in [0.5, 0.6) is 0 Å². The van der Waals surface area contributed by atoms with Gasteiger partial charge in [0.05, 0.1) is 17.1 Å². The van der Waals surface area contributed by atoms with E-state index in [-0.39, 0.29) is 34.1 Å². The molecule has 2 aromatic carbocycles. The molecule has 0 aliphatic carbocycles. The van der Waals surface area contributed by atoms with E-state index in [2.05, 4.69) is 10.3 Å². The summed E-state index contributed by atoms with van der Waals surface area (Å²) < 4.78 is 26.6. The topological polar surface area (TPSA) is 62.3 Å². The standard InChI is InChI=1S/C21H15Cl2F2N3O2/c1-12(29)28(16-4-5-19(25)18(23)11-16)20-10-15(6-7-26-20)27-21(30)8-13-2-3-14(24)9-17(13)22/h2-7,9-11H,8H2,1H3,(H,26,27,30). The maximum absolute atomic E-state index is 13.5. The monoisotopic (exact) mass is 449 g/mol. The molecule has 0 aliphatic heterocycles. The average molecular weight is 450 g/mol. The second-order valence-electron chi connectivity index (χ2n) is 6.32. The van der Waals surface area contributed by atoms with Crippen molar-refractivity contribution in [3.8, 4) is 0 Å². The van der Waals surface area contributed by atoms with Gasteiger partial charge in [0.15, 0.2) is 0 Å². The molecular formula is C21H15Cl2F2N3O2. The van der Waals surface area contributed by atoms with Crippen LogP contribution in [0.15, 0.2) is 54.7 Å². The Morgan fingerprint density at radius 2 is 1.80 bits per heavy atom. The van der Waals surface area contributed by atoms with E-state index in [0.717, 1.165) is 12.1 Å². The molecule has 0 bridgehead atoms. The number of pyridine rings is 1. The maximum Gasteiger partial charge on any atom is 0.229 e. The molecule has 30 heavy (non-hydrogen) atoms. The Morgan fingerprint density at radius 3 is 2.47 bits per heavy atom. The molecule has 154 valence electrons. The first-order valence-electron chi connectivity index (χ1n) is 8.70. The summed E-state index contributed by atoms with van der Waals surface area (Å²) in [5, 5.41) is 2.69. The predicted molar refractivity (Wildman–Crippen MR) is 112 cm³/mol. The first-order valence-corrected chi connectivity index (χ1v) is 9.46. The van der Waals surface area contributed by atoms with Gasteiger partial charge in [-0.2, -0.15) is 0 Å². The Hall–Kier alpha value is -3.03. The lowest BCUT2D eigenvalue weighted by Crippen LogP contribution is -2.24. The molecule has 1 aromatic heterocycles. The molecule has 0 atom stereocenters. The number of aromatic nitrogens is 1. The Labute approximate surface area is 181 Å². The van der Waals surface area contributed by atoms with E-state index in [1.54, 1.807) is 6.07 Å². The largest absolute Gasteiger partial charge is 0.326 e. The number of nitrogens with one attached hydrogen (secondary N) is 1. The van der Waals surface area contributed by atoms with Crippen molar-refractivity contribution in [2.75, 3.05) is 10.2 Å². The van der Waals surface area contributed by atoms with Gasteiger partial charge in [0, 0.05) is 29.9 Å². The number of hydrogen-bond donors (Lipinski definition) is 1. The smallest absolute Gasteiger partial charge is 0.229 e. The zero-order valence-electron chi connectivity index (χ0n) is 15.6. The fraction of sp³-hybridized carbons (Fsp3) is 0.0952. The maximum atomic E-state index is 13.5. The van der Waals surface area contributed by atoms with Crippen molar-refractivity contribution in [2.24, 2.45) is 0 Å². The summed E-state index contributed by atoms with van der Waals surface area (Å²) in [6.45, 7) is 1.32. The lowest BCUT2D eigenvalue weighted by molar-refractivity contribution is -0.116. The van der Waals surface area contributed by atoms with Crippen LogP contribution in [0.25, 0.3) is 0 Å². The summed E-state index contributed by atoms with van der Waals surface area (Å²) >= 11 is 11.8. The molecule has 5 nitrogen and oxygen atoms in total. The van der Waals surface area contributed by atoms with Gasteiger partial charge in [-0.3, -0.25) is 14.5 Å². The number of anilines is 3. The van der Waals surface area contributed by atoms with Crippen molar-refractivity contribution in [1.82, 2.24) is 4.98 Å². The molecule has 9 heteroatoms. The number of halogens is 4. The minimum Gasteiger partial charge on any atom is -0.326 e. The van der Waals surface area contributed by atoms with Crippen LogP contribution < -0.4 is 10.2 Å². The lowest BCUT2D eigenvalue weighted by atomic mass is 10.1. The summed E-state index contributed by atoms with van der Waals surface area (Å²) in [5.41, 5.74) is 1.17. The molecule has 0 spiro atoms. The number of rotatable bonds is 5. The Bertz CT molecular complexity index is 1130. The first-order chi connectivity index (χ1) is 14.2. The zero-order chi connectivity index (χ0) is 21.8. The van der Waals surface area contributed by atoms with Crippen molar-refractivity contribution in [2.45, 2.75) is 13.3 Å². The predicted octanol–water partition coefficient (Wildman–Crippen LogP) is 5.53. The second-order valence-corrected chi connectivity index (χ2v) is 7.13. The van der Waals surface area contributed by atoms with E-state index in [0.29, 0.717) is 16.9 Å². The number of carbonyl (C=O) groups excluding carboxylic acids is 2. The third-order valence-corrected chi connectivity index (χ3v) is 4.74. The lowest BCUT2D eigenvalue weighted by Gasteiger charge is -2.21. The van der Waals surface area contributed by atoms with Crippen molar-refractivity contribution in [3.05, 3.63) is 82.0 Å². The number of nitrogens with zero attached hydrogens (tertiary/aromatic N) is 2. The van der Waals surface area contributed by atoms with Crippen LogP contribution >= 0.6 is 23.2 Å². The Balaban J connectivity index is 1.82. The molecule has 0 fully saturated rings. The van der Waals surface area contributed by atoms with Crippen molar-refractivity contribution in [3.63, 3.8) is 0 Å². The highest BCUT2D eigenvalue weighted by atomic mass is 35.5. The van der Waals surface area contributed by atoms with Crippen molar-refractivity contribution >= 4 is 52.2 Å². The van der Waals surface area contributed by atoms with Gasteiger partial charge >= 0.3 is 0 Å². The number of benzene rings is 2.